The van der Waals surface area contributed by atoms with Crippen LogP contribution in [0.15, 0.2) is 47.6 Å². The van der Waals surface area contributed by atoms with E-state index in [9.17, 15) is 23.3 Å². The second-order valence-corrected chi connectivity index (χ2v) is 8.88. The molecule has 0 amide bonds. The number of fused-ring (bicyclic) bond motifs is 1. The number of alkyl halides is 3. The molecule has 3 heterocycles. The van der Waals surface area contributed by atoms with Crippen LogP contribution < -0.4 is 16.8 Å². The molecule has 39 heavy (non-hydrogen) atoms. The van der Waals surface area contributed by atoms with Gasteiger partial charge in [-0.2, -0.15) is 13.2 Å². The normalized spacial score (nSPS) is 18.7. The summed E-state index contributed by atoms with van der Waals surface area (Å²) in [7, 11) is 0. The maximum atomic E-state index is 11.9. The number of aliphatic imine (C=N–C) groups is 1. The van der Waals surface area contributed by atoms with Gasteiger partial charge in [0.15, 0.2) is 6.17 Å². The number of carboxylic acids is 1. The number of dihydropyridines is 1. The van der Waals surface area contributed by atoms with Gasteiger partial charge < -0.3 is 21.9 Å². The number of nitrogens with zero attached hydrogens (tertiary/aromatic N) is 5. The van der Waals surface area contributed by atoms with Crippen molar-refractivity contribution >= 4 is 23.4 Å². The number of imidazole rings is 1. The van der Waals surface area contributed by atoms with Crippen LogP contribution in [0.3, 0.4) is 0 Å². The summed E-state index contributed by atoms with van der Waals surface area (Å²) in [5.41, 5.74) is 15.8. The van der Waals surface area contributed by atoms with Crippen LogP contribution in [0.5, 0.6) is 0 Å². The van der Waals surface area contributed by atoms with E-state index >= 15 is 0 Å². The predicted octanol–water partition coefficient (Wildman–Crippen LogP) is 2.98. The van der Waals surface area contributed by atoms with Crippen LogP contribution in [0.4, 0.5) is 19.1 Å². The number of carbonyl (C=O) groups is 1. The van der Waals surface area contributed by atoms with Gasteiger partial charge in [0, 0.05) is 35.7 Å². The molecule has 0 radical (unpaired) electrons. The number of amidine groups is 1. The van der Waals surface area contributed by atoms with Gasteiger partial charge in [-0.15, -0.1) is 0 Å². The van der Waals surface area contributed by atoms with Crippen molar-refractivity contribution in [3.8, 4) is 11.3 Å². The monoisotopic (exact) mass is 548 g/mol. The van der Waals surface area contributed by atoms with E-state index in [0.29, 0.717) is 5.95 Å². The number of nitrogens with one attached hydrogen (secondary N) is 1. The lowest BCUT2D eigenvalue weighted by molar-refractivity contribution is -0.559. The molecule has 0 saturated heterocycles. The molecule has 2 aromatic heterocycles. The maximum absolute atomic E-state index is 11.9. The second kappa shape index (κ2) is 11.1. The average molecular weight is 549 g/mol. The predicted molar refractivity (Wildman–Crippen MR) is 138 cm³/mol. The van der Waals surface area contributed by atoms with E-state index in [0.717, 1.165) is 28.2 Å². The van der Waals surface area contributed by atoms with Gasteiger partial charge in [-0.25, -0.2) is 19.8 Å². The second-order valence-electron chi connectivity index (χ2n) is 8.88. The molecule has 4 rings (SSSR count). The topological polar surface area (TPSA) is 187 Å². The third-order valence-electron chi connectivity index (χ3n) is 6.19. The van der Waals surface area contributed by atoms with Crippen molar-refractivity contribution in [3.05, 3.63) is 69.5 Å². The van der Waals surface area contributed by atoms with Gasteiger partial charge in [0.25, 0.3) is 5.54 Å². The molecule has 0 bridgehead atoms. The Kier molecular flexibility index (Phi) is 8.24. The molecule has 0 saturated carbocycles. The fourth-order valence-corrected chi connectivity index (χ4v) is 3.91. The summed E-state index contributed by atoms with van der Waals surface area (Å²) in [6.07, 6.45) is -1.30. The molecule has 0 spiro atoms. The standard InChI is InChI=1S/C22H26N8O2.C2HF3O2/c1-13-5-4-6-16(15(13)3)17-11-19-26-14(2)12-29(19)21(27-17)25-10-9-22(30(31)32)8-7-18(23)28-20(22)24;3-2(4,5)1(6)7/h4-8,11-12,20H,9-10,24H2,1-3H3,(H2,23,28)(H,25,27);(H,6,7). The Morgan fingerprint density at radius 1 is 1.28 bits per heavy atom. The average Bonchev–Trinajstić information content (AvgIpc) is 3.22. The highest BCUT2D eigenvalue weighted by atomic mass is 19.4. The zero-order valence-corrected chi connectivity index (χ0v) is 21.2. The third-order valence-corrected chi connectivity index (χ3v) is 6.19. The number of aliphatic carboxylic acids is 1. The van der Waals surface area contributed by atoms with Crippen molar-refractivity contribution in [2.75, 3.05) is 11.9 Å². The minimum absolute atomic E-state index is 0.110. The third kappa shape index (κ3) is 6.31. The van der Waals surface area contributed by atoms with Crippen molar-refractivity contribution in [2.45, 2.75) is 45.1 Å². The highest BCUT2D eigenvalue weighted by Gasteiger charge is 2.48. The highest BCUT2D eigenvalue weighted by Crippen LogP contribution is 2.28. The van der Waals surface area contributed by atoms with Crippen LogP contribution in [0.2, 0.25) is 0 Å². The van der Waals surface area contributed by atoms with Crippen molar-refractivity contribution in [2.24, 2.45) is 16.5 Å². The van der Waals surface area contributed by atoms with E-state index in [-0.39, 0.29) is 18.8 Å². The van der Waals surface area contributed by atoms with Crippen LogP contribution in [-0.4, -0.2) is 60.6 Å². The number of nitro groups is 1. The Bertz CT molecular complexity index is 1470. The summed E-state index contributed by atoms with van der Waals surface area (Å²) in [5.74, 6) is -2.03. The van der Waals surface area contributed by atoms with Gasteiger partial charge in [0.05, 0.1) is 11.4 Å². The van der Waals surface area contributed by atoms with Crippen LogP contribution >= 0.6 is 0 Å². The Morgan fingerprint density at radius 3 is 2.54 bits per heavy atom. The van der Waals surface area contributed by atoms with Crippen LogP contribution in [-0.2, 0) is 4.79 Å². The number of aromatic nitrogens is 3. The molecule has 3 aromatic rings. The molecule has 6 N–H and O–H groups in total. The first-order valence-corrected chi connectivity index (χ1v) is 11.6. The molecule has 0 fully saturated rings. The Balaban J connectivity index is 0.000000532. The van der Waals surface area contributed by atoms with E-state index in [4.69, 9.17) is 26.4 Å². The zero-order valence-electron chi connectivity index (χ0n) is 21.2. The number of nitrogens with two attached hydrogens (primary N) is 2. The number of hydrogen-bond acceptors (Lipinski definition) is 9. The molecule has 12 nitrogen and oxygen atoms in total. The van der Waals surface area contributed by atoms with E-state index in [1.807, 2.05) is 35.7 Å². The van der Waals surface area contributed by atoms with Crippen LogP contribution in [0.25, 0.3) is 16.9 Å². The van der Waals surface area contributed by atoms with Crippen molar-refractivity contribution in [1.82, 2.24) is 14.4 Å². The summed E-state index contributed by atoms with van der Waals surface area (Å²) < 4.78 is 33.6. The lowest BCUT2D eigenvalue weighted by Crippen LogP contribution is -2.54. The van der Waals surface area contributed by atoms with Gasteiger partial charge >= 0.3 is 12.1 Å². The van der Waals surface area contributed by atoms with Gasteiger partial charge in [-0.1, -0.05) is 18.2 Å². The Labute approximate surface area is 220 Å². The minimum Gasteiger partial charge on any atom is -0.475 e. The largest absolute Gasteiger partial charge is 0.490 e. The summed E-state index contributed by atoms with van der Waals surface area (Å²) >= 11 is 0. The molecule has 1 aliphatic heterocycles. The number of rotatable bonds is 6. The number of carboxylic acid groups (broad SMARTS) is 1. The smallest absolute Gasteiger partial charge is 0.475 e. The van der Waals surface area contributed by atoms with Gasteiger partial charge in [0.2, 0.25) is 5.95 Å². The fraction of sp³-hybridized carbons (Fsp3) is 0.333. The molecule has 15 heteroatoms. The van der Waals surface area contributed by atoms with Crippen LogP contribution in [0.1, 0.15) is 23.2 Å². The van der Waals surface area contributed by atoms with Gasteiger partial charge in [-0.05, 0) is 44.1 Å². The molecule has 1 aliphatic rings. The van der Waals surface area contributed by atoms with E-state index < -0.39 is 28.8 Å². The SMILES string of the molecule is Cc1cn2c(NCCC3([N+](=O)[O-])C=CC(N)=NC3N)nc(-c3cccc(C)c3C)cc2n1.O=C(O)C(F)(F)F. The lowest BCUT2D eigenvalue weighted by atomic mass is 9.90. The summed E-state index contributed by atoms with van der Waals surface area (Å²) in [6, 6.07) is 8.02. The quantitative estimate of drug-likeness (QED) is 0.265. The molecule has 0 aliphatic carbocycles. The van der Waals surface area contributed by atoms with Crippen molar-refractivity contribution in [1.29, 1.82) is 0 Å². The molecule has 2 unspecified atom stereocenters. The summed E-state index contributed by atoms with van der Waals surface area (Å²) in [5, 5.41) is 22.2. The van der Waals surface area contributed by atoms with Gasteiger partial charge in [-0.3, -0.25) is 14.5 Å². The fourth-order valence-electron chi connectivity index (χ4n) is 3.91. The number of benzene rings is 1. The number of anilines is 1. The van der Waals surface area contributed by atoms with Crippen molar-refractivity contribution < 1.29 is 28.0 Å². The molecule has 1 aromatic carbocycles. The minimum atomic E-state index is -5.08. The maximum Gasteiger partial charge on any atom is 0.490 e. The first-order chi connectivity index (χ1) is 18.2. The van der Waals surface area contributed by atoms with E-state index in [1.54, 1.807) is 0 Å². The molecule has 208 valence electrons. The molecular weight excluding hydrogens is 521 g/mol. The first kappa shape index (κ1) is 29.0. The molecule has 2 atom stereocenters. The summed E-state index contributed by atoms with van der Waals surface area (Å²) in [6.45, 7) is 6.28. The number of hydrogen-bond donors (Lipinski definition) is 4. The van der Waals surface area contributed by atoms with Crippen LogP contribution in [0, 0.1) is 30.9 Å². The number of aryl methyl sites for hydroxylation is 2. The molecular formula is C24H27F3N8O4. The zero-order chi connectivity index (χ0) is 29.1. The van der Waals surface area contributed by atoms with Gasteiger partial charge in [0.1, 0.15) is 11.5 Å². The highest BCUT2D eigenvalue weighted by molar-refractivity contribution is 5.92. The Hall–Kier alpha value is -4.53. The van der Waals surface area contributed by atoms with E-state index in [2.05, 4.69) is 35.2 Å². The lowest BCUT2D eigenvalue weighted by Gasteiger charge is -2.28. The van der Waals surface area contributed by atoms with E-state index in [1.165, 1.54) is 17.7 Å². The first-order valence-electron chi connectivity index (χ1n) is 11.6. The van der Waals surface area contributed by atoms with Crippen molar-refractivity contribution in [3.63, 3.8) is 0 Å². The Morgan fingerprint density at radius 2 is 1.95 bits per heavy atom. The number of halogens is 3. The summed E-state index contributed by atoms with van der Waals surface area (Å²) in [4.78, 5) is 33.8.